The van der Waals surface area contributed by atoms with Crippen molar-refractivity contribution in [3.05, 3.63) is 41.5 Å². The second kappa shape index (κ2) is 13.5. The number of anilines is 1. The number of hydrogen-bond acceptors (Lipinski definition) is 8. The molecule has 0 unspecified atom stereocenters. The van der Waals surface area contributed by atoms with Gasteiger partial charge in [-0.15, -0.1) is 0 Å². The molecule has 1 aromatic carbocycles. The van der Waals surface area contributed by atoms with Gasteiger partial charge < -0.3 is 34.3 Å². The first-order valence-electron chi connectivity index (χ1n) is 15.2. The Morgan fingerprint density at radius 3 is 2.42 bits per heavy atom. The number of rotatable bonds is 13. The lowest BCUT2D eigenvalue weighted by molar-refractivity contribution is -0.133. The van der Waals surface area contributed by atoms with Crippen LogP contribution in [0, 0.1) is 11.3 Å². The highest BCUT2D eigenvalue weighted by atomic mass is 16.6. The molecule has 238 valence electrons. The molecule has 0 radical (unpaired) electrons. The molecule has 1 aliphatic carbocycles. The third-order valence-corrected chi connectivity index (χ3v) is 8.72. The fraction of sp³-hybridized carbons (Fsp3) is 0.667. The van der Waals surface area contributed by atoms with E-state index in [1.54, 1.807) is 19.2 Å². The van der Waals surface area contributed by atoms with Crippen molar-refractivity contribution in [3.8, 4) is 0 Å². The van der Waals surface area contributed by atoms with E-state index in [-0.39, 0.29) is 54.2 Å². The van der Waals surface area contributed by atoms with Crippen LogP contribution in [0.15, 0.2) is 35.9 Å². The number of ether oxygens (including phenoxy) is 5. The van der Waals surface area contributed by atoms with Crippen LogP contribution in [0.25, 0.3) is 0 Å². The molecule has 43 heavy (non-hydrogen) atoms. The van der Waals surface area contributed by atoms with Gasteiger partial charge in [0.15, 0.2) is 5.78 Å². The van der Waals surface area contributed by atoms with E-state index in [1.807, 2.05) is 32.9 Å². The fourth-order valence-corrected chi connectivity index (χ4v) is 5.96. The molecule has 2 aliphatic heterocycles. The molecule has 6 atom stereocenters. The first-order valence-corrected chi connectivity index (χ1v) is 15.2. The minimum absolute atomic E-state index is 0.0244. The molecule has 2 heterocycles. The van der Waals surface area contributed by atoms with Gasteiger partial charge in [-0.2, -0.15) is 0 Å². The Bertz CT molecular complexity index is 1180. The van der Waals surface area contributed by atoms with Crippen molar-refractivity contribution in [1.82, 2.24) is 5.32 Å². The van der Waals surface area contributed by atoms with Crippen LogP contribution in [0.5, 0.6) is 0 Å². The zero-order valence-corrected chi connectivity index (χ0v) is 26.6. The van der Waals surface area contributed by atoms with Crippen molar-refractivity contribution in [3.63, 3.8) is 0 Å². The maximum atomic E-state index is 12.8. The van der Waals surface area contributed by atoms with Gasteiger partial charge in [-0.1, -0.05) is 44.6 Å². The zero-order valence-electron chi connectivity index (χ0n) is 26.6. The summed E-state index contributed by atoms with van der Waals surface area (Å²) in [6.45, 7) is 12.5. The summed E-state index contributed by atoms with van der Waals surface area (Å²) in [4.78, 5) is 36.8. The third-order valence-electron chi connectivity index (χ3n) is 8.72. The van der Waals surface area contributed by atoms with Crippen LogP contribution < -0.4 is 10.6 Å². The summed E-state index contributed by atoms with van der Waals surface area (Å²) in [7, 11) is 1.66. The molecule has 10 heteroatoms. The minimum Gasteiger partial charge on any atom is -0.443 e. The van der Waals surface area contributed by atoms with Crippen LogP contribution in [0.1, 0.15) is 66.4 Å². The summed E-state index contributed by atoms with van der Waals surface area (Å²) in [5.74, 6) is -0.414. The molecular weight excluding hydrogens is 552 g/mol. The molecule has 1 aromatic rings. The maximum Gasteiger partial charge on any atom is 0.407 e. The van der Waals surface area contributed by atoms with Gasteiger partial charge in [0.1, 0.15) is 36.6 Å². The number of hydrogen-bond donors (Lipinski definition) is 2. The van der Waals surface area contributed by atoms with Gasteiger partial charge >= 0.3 is 6.09 Å². The van der Waals surface area contributed by atoms with Crippen molar-refractivity contribution in [2.24, 2.45) is 11.3 Å². The predicted molar refractivity (Wildman–Crippen MR) is 162 cm³/mol. The normalized spacial score (nSPS) is 29.5. The van der Waals surface area contributed by atoms with Crippen LogP contribution in [-0.2, 0) is 39.7 Å². The third kappa shape index (κ3) is 8.44. The Kier molecular flexibility index (Phi) is 10.4. The lowest BCUT2D eigenvalue weighted by Crippen LogP contribution is -2.56. The summed E-state index contributed by atoms with van der Waals surface area (Å²) < 4.78 is 29.3. The fourth-order valence-electron chi connectivity index (χ4n) is 5.96. The van der Waals surface area contributed by atoms with Gasteiger partial charge in [-0.05, 0) is 64.2 Å². The van der Waals surface area contributed by atoms with Gasteiger partial charge in [0.2, 0.25) is 5.91 Å². The van der Waals surface area contributed by atoms with Crippen LogP contribution >= 0.6 is 0 Å². The average molecular weight is 601 g/mol. The van der Waals surface area contributed by atoms with Crippen LogP contribution in [0.2, 0.25) is 0 Å². The smallest absolute Gasteiger partial charge is 0.407 e. The van der Waals surface area contributed by atoms with Crippen LogP contribution in [0.3, 0.4) is 0 Å². The Labute approximate surface area is 255 Å². The van der Waals surface area contributed by atoms with Gasteiger partial charge in [-0.3, -0.25) is 9.59 Å². The summed E-state index contributed by atoms with van der Waals surface area (Å²) >= 11 is 0. The minimum atomic E-state index is -0.503. The molecule has 2 amide bonds. The van der Waals surface area contributed by atoms with Crippen LogP contribution in [0.4, 0.5) is 10.5 Å². The van der Waals surface area contributed by atoms with Gasteiger partial charge in [-0.25, -0.2) is 4.79 Å². The second-order valence-electron chi connectivity index (χ2n) is 13.4. The molecule has 10 nitrogen and oxygen atoms in total. The van der Waals surface area contributed by atoms with Crippen molar-refractivity contribution in [2.45, 2.75) is 96.7 Å². The van der Waals surface area contributed by atoms with E-state index in [9.17, 15) is 14.4 Å². The highest BCUT2D eigenvalue weighted by molar-refractivity contribution is 5.92. The van der Waals surface area contributed by atoms with E-state index in [4.69, 9.17) is 23.7 Å². The van der Waals surface area contributed by atoms with E-state index in [0.29, 0.717) is 31.7 Å². The van der Waals surface area contributed by atoms with Crippen molar-refractivity contribution < 1.29 is 38.1 Å². The standard InChI is InChI=1S/C33H48N2O8/c1-21(2)8-13-26-32(6,43-26)29-28(39-7)24(14-16-33(29)20-41-33)42-30(38)34-17-15-22-9-11-23(12-10-22)35-27(37)19-40-18-25(36)31(3,4)5/h8-12,24,26,28-29H,13-20H2,1-7H3,(H,34,38)(H,35,37)/t24-,26-,28-,29-,32+,33+/m1/s1. The molecule has 3 aliphatic rings. The highest BCUT2D eigenvalue weighted by Crippen LogP contribution is 2.59. The number of ketones is 1. The summed E-state index contributed by atoms with van der Waals surface area (Å²) in [5, 5.41) is 5.62. The summed E-state index contributed by atoms with van der Waals surface area (Å²) in [5.41, 5.74) is 1.72. The van der Waals surface area contributed by atoms with E-state index in [1.165, 1.54) is 5.57 Å². The number of allylic oxidation sites excluding steroid dienone is 1. The number of carbonyl (C=O) groups excluding carboxylic acids is 3. The number of epoxide rings is 2. The second-order valence-corrected chi connectivity index (χ2v) is 13.4. The summed E-state index contributed by atoms with van der Waals surface area (Å²) in [6, 6.07) is 7.35. The molecule has 0 aromatic heterocycles. The summed E-state index contributed by atoms with van der Waals surface area (Å²) in [6.07, 6.45) is 4.00. The highest BCUT2D eigenvalue weighted by Gasteiger charge is 2.72. The van der Waals surface area contributed by atoms with E-state index < -0.39 is 17.6 Å². The molecule has 2 N–H and O–H groups in total. The number of Topliss-reactive ketones (excluding diaryl/α,β-unsaturated/α-hetero) is 1. The lowest BCUT2D eigenvalue weighted by Gasteiger charge is -2.42. The van der Waals surface area contributed by atoms with Gasteiger partial charge in [0, 0.05) is 24.8 Å². The maximum absolute atomic E-state index is 12.8. The van der Waals surface area contributed by atoms with Crippen molar-refractivity contribution in [2.75, 3.05) is 38.8 Å². The molecule has 2 saturated heterocycles. The number of benzene rings is 1. The Hall–Kier alpha value is -2.79. The molecule has 4 rings (SSSR count). The van der Waals surface area contributed by atoms with E-state index in [2.05, 4.69) is 37.5 Å². The van der Waals surface area contributed by atoms with Crippen LogP contribution in [-0.4, -0.2) is 80.8 Å². The van der Waals surface area contributed by atoms with Crippen molar-refractivity contribution >= 4 is 23.5 Å². The molecule has 1 saturated carbocycles. The molecule has 1 spiro atoms. The Morgan fingerprint density at radius 2 is 1.81 bits per heavy atom. The Balaban J connectivity index is 1.21. The number of methoxy groups -OCH3 is 1. The topological polar surface area (TPSA) is 128 Å². The average Bonchev–Trinajstić information content (AvgIpc) is 3.85. The SMILES string of the molecule is CO[C@@H]1[C@H](OC(=O)NCCc2ccc(NC(=O)COCC(=O)C(C)(C)C)cc2)CC[C@]2(CO2)[C@H]1[C@@]1(C)O[C@@H]1CC=C(C)C. The van der Waals surface area contributed by atoms with E-state index in [0.717, 1.165) is 18.4 Å². The van der Waals surface area contributed by atoms with E-state index >= 15 is 0 Å². The monoisotopic (exact) mass is 600 g/mol. The zero-order chi connectivity index (χ0) is 31.4. The first-order chi connectivity index (χ1) is 20.3. The Morgan fingerprint density at radius 1 is 1.12 bits per heavy atom. The number of nitrogens with one attached hydrogen (secondary N) is 2. The van der Waals surface area contributed by atoms with Crippen molar-refractivity contribution in [1.29, 1.82) is 0 Å². The van der Waals surface area contributed by atoms with Gasteiger partial charge in [0.25, 0.3) is 0 Å². The largest absolute Gasteiger partial charge is 0.443 e. The first kappa shape index (κ1) is 33.1. The van der Waals surface area contributed by atoms with Gasteiger partial charge in [0.05, 0.1) is 18.6 Å². The molecular formula is C33H48N2O8. The molecule has 0 bridgehead atoms. The molecule has 3 fully saturated rings. The predicted octanol–water partition coefficient (Wildman–Crippen LogP) is 4.60. The number of amides is 2. The quantitative estimate of drug-likeness (QED) is 0.248. The number of carbonyl (C=O) groups is 3. The number of alkyl carbamates (subject to hydrolysis) is 1. The lowest BCUT2D eigenvalue weighted by atomic mass is 9.68.